The topological polar surface area (TPSA) is 50.4 Å². The zero-order valence-electron chi connectivity index (χ0n) is 12.2. The first-order valence-electron chi connectivity index (χ1n) is 7.33. The molecule has 1 aromatic carbocycles. The highest BCUT2D eigenvalue weighted by Gasteiger charge is 2.43. The third-order valence-electron chi connectivity index (χ3n) is 4.09. The third-order valence-corrected chi connectivity index (χ3v) is 4.09. The van der Waals surface area contributed by atoms with E-state index in [1.54, 1.807) is 7.11 Å². The standard InChI is InChI=1S/C16H24N2O2/c1-20-13-10-16(8-5-9-16)15(19)18-12-11-17-14-6-3-2-4-7-14/h2-4,6-7,17H,5,8-13H2,1H3,(H,18,19). The number of carbonyl (C=O) groups is 1. The highest BCUT2D eigenvalue weighted by Crippen LogP contribution is 2.44. The highest BCUT2D eigenvalue weighted by molar-refractivity contribution is 5.83. The van der Waals surface area contributed by atoms with Crippen molar-refractivity contribution in [1.29, 1.82) is 0 Å². The van der Waals surface area contributed by atoms with Crippen molar-refractivity contribution in [2.75, 3.05) is 32.1 Å². The van der Waals surface area contributed by atoms with Gasteiger partial charge < -0.3 is 15.4 Å². The van der Waals surface area contributed by atoms with E-state index < -0.39 is 0 Å². The molecule has 0 aliphatic heterocycles. The molecule has 4 nitrogen and oxygen atoms in total. The van der Waals surface area contributed by atoms with Crippen LogP contribution in [0.1, 0.15) is 25.7 Å². The van der Waals surface area contributed by atoms with Crippen molar-refractivity contribution in [3.8, 4) is 0 Å². The second-order valence-corrected chi connectivity index (χ2v) is 5.43. The number of hydrogen-bond donors (Lipinski definition) is 2. The van der Waals surface area contributed by atoms with Crippen LogP contribution in [0.5, 0.6) is 0 Å². The molecule has 2 N–H and O–H groups in total. The molecule has 0 bridgehead atoms. The van der Waals surface area contributed by atoms with Gasteiger partial charge in [-0.3, -0.25) is 4.79 Å². The summed E-state index contributed by atoms with van der Waals surface area (Å²) in [5.41, 5.74) is 0.919. The van der Waals surface area contributed by atoms with Crippen molar-refractivity contribution in [2.24, 2.45) is 5.41 Å². The average Bonchev–Trinajstić information content (AvgIpc) is 2.44. The number of amides is 1. The van der Waals surface area contributed by atoms with E-state index in [1.807, 2.05) is 30.3 Å². The summed E-state index contributed by atoms with van der Waals surface area (Å²) in [6.45, 7) is 2.06. The Bertz CT molecular complexity index is 416. The van der Waals surface area contributed by atoms with Crippen LogP contribution < -0.4 is 10.6 Å². The molecule has 4 heteroatoms. The monoisotopic (exact) mass is 276 g/mol. The van der Waals surface area contributed by atoms with Gasteiger partial charge in [0, 0.05) is 32.5 Å². The number of ether oxygens (including phenoxy) is 1. The number of methoxy groups -OCH3 is 1. The maximum atomic E-state index is 12.3. The fraction of sp³-hybridized carbons (Fsp3) is 0.562. The van der Waals surface area contributed by atoms with Gasteiger partial charge in [-0.1, -0.05) is 24.6 Å². The fourth-order valence-electron chi connectivity index (χ4n) is 2.62. The Morgan fingerprint density at radius 3 is 2.60 bits per heavy atom. The molecule has 1 aliphatic carbocycles. The fourth-order valence-corrected chi connectivity index (χ4v) is 2.62. The summed E-state index contributed by atoms with van der Waals surface area (Å²) in [5.74, 6) is 0.190. The maximum Gasteiger partial charge on any atom is 0.226 e. The van der Waals surface area contributed by atoms with Gasteiger partial charge in [0.25, 0.3) is 0 Å². The summed E-state index contributed by atoms with van der Waals surface area (Å²) in [7, 11) is 1.69. The number of nitrogens with one attached hydrogen (secondary N) is 2. The first kappa shape index (κ1) is 14.9. The molecule has 20 heavy (non-hydrogen) atoms. The molecule has 1 aliphatic rings. The number of para-hydroxylation sites is 1. The molecule has 1 saturated carbocycles. The Kier molecular flexibility index (Phi) is 5.41. The van der Waals surface area contributed by atoms with Crippen LogP contribution in [0, 0.1) is 5.41 Å². The molecule has 0 saturated heterocycles. The average molecular weight is 276 g/mol. The molecule has 0 heterocycles. The predicted octanol–water partition coefficient (Wildman–Crippen LogP) is 2.42. The van der Waals surface area contributed by atoms with Crippen LogP contribution in [0.25, 0.3) is 0 Å². The minimum atomic E-state index is -0.164. The van der Waals surface area contributed by atoms with Crippen LogP contribution in [0.2, 0.25) is 0 Å². The molecular weight excluding hydrogens is 252 g/mol. The largest absolute Gasteiger partial charge is 0.385 e. The van der Waals surface area contributed by atoms with E-state index in [0.717, 1.165) is 37.9 Å². The first-order chi connectivity index (χ1) is 9.77. The highest BCUT2D eigenvalue weighted by atomic mass is 16.5. The lowest BCUT2D eigenvalue weighted by Crippen LogP contribution is -2.47. The minimum absolute atomic E-state index is 0.164. The predicted molar refractivity (Wildman–Crippen MR) is 80.7 cm³/mol. The zero-order chi connectivity index (χ0) is 14.3. The van der Waals surface area contributed by atoms with Crippen LogP contribution in [-0.4, -0.2) is 32.7 Å². The van der Waals surface area contributed by atoms with Gasteiger partial charge in [0.05, 0.1) is 5.41 Å². The zero-order valence-corrected chi connectivity index (χ0v) is 12.2. The van der Waals surface area contributed by atoms with E-state index in [2.05, 4.69) is 10.6 Å². The van der Waals surface area contributed by atoms with Crippen molar-refractivity contribution in [3.63, 3.8) is 0 Å². The summed E-state index contributed by atoms with van der Waals surface area (Å²) >= 11 is 0. The van der Waals surface area contributed by atoms with Gasteiger partial charge in [-0.05, 0) is 31.4 Å². The van der Waals surface area contributed by atoms with Gasteiger partial charge >= 0.3 is 0 Å². The molecular formula is C16H24N2O2. The molecule has 0 spiro atoms. The number of carbonyl (C=O) groups excluding carboxylic acids is 1. The van der Waals surface area contributed by atoms with E-state index in [9.17, 15) is 4.79 Å². The minimum Gasteiger partial charge on any atom is -0.385 e. The van der Waals surface area contributed by atoms with Crippen molar-refractivity contribution >= 4 is 11.6 Å². The quantitative estimate of drug-likeness (QED) is 0.717. The summed E-state index contributed by atoms with van der Waals surface area (Å²) < 4.78 is 5.11. The molecule has 110 valence electrons. The number of anilines is 1. The number of rotatable bonds is 8. The lowest BCUT2D eigenvalue weighted by atomic mass is 9.66. The van der Waals surface area contributed by atoms with E-state index >= 15 is 0 Å². The molecule has 1 amide bonds. The second-order valence-electron chi connectivity index (χ2n) is 5.43. The number of hydrogen-bond acceptors (Lipinski definition) is 3. The lowest BCUT2D eigenvalue weighted by molar-refractivity contribution is -0.137. The van der Waals surface area contributed by atoms with Crippen molar-refractivity contribution in [1.82, 2.24) is 5.32 Å². The second kappa shape index (κ2) is 7.29. The normalized spacial score (nSPS) is 16.2. The van der Waals surface area contributed by atoms with Gasteiger partial charge in [-0.25, -0.2) is 0 Å². The number of benzene rings is 1. The lowest BCUT2D eigenvalue weighted by Gasteiger charge is -2.40. The summed E-state index contributed by atoms with van der Waals surface area (Å²) in [5, 5.41) is 6.34. The Balaban J connectivity index is 1.69. The summed E-state index contributed by atoms with van der Waals surface area (Å²) in [6.07, 6.45) is 3.98. The summed E-state index contributed by atoms with van der Waals surface area (Å²) in [6, 6.07) is 10.0. The van der Waals surface area contributed by atoms with Crippen LogP contribution in [0.4, 0.5) is 5.69 Å². The summed E-state index contributed by atoms with van der Waals surface area (Å²) in [4.78, 5) is 12.3. The van der Waals surface area contributed by atoms with E-state index in [-0.39, 0.29) is 11.3 Å². The molecule has 2 rings (SSSR count). The van der Waals surface area contributed by atoms with Crippen LogP contribution in [0.3, 0.4) is 0 Å². The molecule has 0 atom stereocenters. The maximum absolute atomic E-state index is 12.3. The Morgan fingerprint density at radius 2 is 2.00 bits per heavy atom. The van der Waals surface area contributed by atoms with Gasteiger partial charge in [0.1, 0.15) is 0 Å². The molecule has 1 aromatic rings. The Morgan fingerprint density at radius 1 is 1.25 bits per heavy atom. The van der Waals surface area contributed by atoms with Gasteiger partial charge in [0.15, 0.2) is 0 Å². The van der Waals surface area contributed by atoms with Crippen molar-refractivity contribution < 1.29 is 9.53 Å². The van der Waals surface area contributed by atoms with Crippen LogP contribution in [-0.2, 0) is 9.53 Å². The van der Waals surface area contributed by atoms with E-state index in [1.165, 1.54) is 0 Å². The van der Waals surface area contributed by atoms with Gasteiger partial charge in [-0.2, -0.15) is 0 Å². The third kappa shape index (κ3) is 3.73. The van der Waals surface area contributed by atoms with Crippen LogP contribution >= 0.6 is 0 Å². The molecule has 1 fully saturated rings. The molecule has 0 radical (unpaired) electrons. The Labute approximate surface area is 120 Å². The van der Waals surface area contributed by atoms with E-state index in [0.29, 0.717) is 13.2 Å². The van der Waals surface area contributed by atoms with Crippen molar-refractivity contribution in [2.45, 2.75) is 25.7 Å². The smallest absolute Gasteiger partial charge is 0.226 e. The SMILES string of the molecule is COCCC1(C(=O)NCCNc2ccccc2)CCC1. The van der Waals surface area contributed by atoms with Gasteiger partial charge in [0.2, 0.25) is 5.91 Å². The van der Waals surface area contributed by atoms with Crippen LogP contribution in [0.15, 0.2) is 30.3 Å². The first-order valence-corrected chi connectivity index (χ1v) is 7.33. The Hall–Kier alpha value is -1.55. The molecule has 0 unspecified atom stereocenters. The van der Waals surface area contributed by atoms with Gasteiger partial charge in [-0.15, -0.1) is 0 Å². The van der Waals surface area contributed by atoms with Crippen molar-refractivity contribution in [3.05, 3.63) is 30.3 Å². The molecule has 0 aromatic heterocycles. The van der Waals surface area contributed by atoms with E-state index in [4.69, 9.17) is 4.74 Å².